The predicted octanol–water partition coefficient (Wildman–Crippen LogP) is 4.25. The number of benzene rings is 3. The number of anilines is 1. The van der Waals surface area contributed by atoms with Crippen LogP contribution in [0.5, 0.6) is 5.75 Å². The van der Waals surface area contributed by atoms with Gasteiger partial charge in [0.05, 0.1) is 4.91 Å². The first-order valence-electron chi connectivity index (χ1n) is 11.2. The lowest BCUT2D eigenvalue weighted by molar-refractivity contribution is -0.113. The fraction of sp³-hybridized carbons (Fsp3) is 0.154. The molecule has 0 radical (unpaired) electrons. The largest absolute Gasteiger partial charge is 0.379 e. The summed E-state index contributed by atoms with van der Waals surface area (Å²) < 4.78 is 30.0. The van der Waals surface area contributed by atoms with E-state index in [1.807, 2.05) is 18.2 Å². The second kappa shape index (κ2) is 9.97. The van der Waals surface area contributed by atoms with Crippen LogP contribution in [0.4, 0.5) is 5.69 Å². The molecule has 0 aliphatic carbocycles. The number of thioether (sulfide) groups is 1. The molecule has 0 saturated carbocycles. The lowest BCUT2D eigenvalue weighted by Crippen LogP contribution is -2.47. The van der Waals surface area contributed by atoms with Gasteiger partial charge in [0.15, 0.2) is 5.17 Å². The molecule has 0 aromatic heterocycles. The number of piperazine rings is 1. The third-order valence-electron chi connectivity index (χ3n) is 5.70. The normalized spacial score (nSPS) is 17.5. The highest BCUT2D eigenvalue weighted by Crippen LogP contribution is 2.31. The summed E-state index contributed by atoms with van der Waals surface area (Å²) in [5, 5.41) is 0.725. The van der Waals surface area contributed by atoms with E-state index in [0.29, 0.717) is 4.91 Å². The van der Waals surface area contributed by atoms with Gasteiger partial charge in [0.25, 0.3) is 5.91 Å². The minimum atomic E-state index is -3.90. The summed E-state index contributed by atoms with van der Waals surface area (Å²) in [7, 11) is -3.90. The number of nitrogens with zero attached hydrogens (tertiary/aromatic N) is 3. The molecule has 1 saturated heterocycles. The summed E-state index contributed by atoms with van der Waals surface area (Å²) in [4.78, 5) is 21.9. The zero-order chi connectivity index (χ0) is 24.3. The Hall–Kier alpha value is -3.56. The van der Waals surface area contributed by atoms with Crippen LogP contribution in [0.3, 0.4) is 0 Å². The molecular weight excluding hydrogens is 482 g/mol. The van der Waals surface area contributed by atoms with Crippen molar-refractivity contribution in [2.75, 3.05) is 31.1 Å². The molecule has 2 aliphatic rings. The van der Waals surface area contributed by atoms with Crippen LogP contribution < -0.4 is 9.08 Å². The van der Waals surface area contributed by atoms with E-state index in [2.05, 4.69) is 26.9 Å². The van der Waals surface area contributed by atoms with E-state index < -0.39 is 10.1 Å². The lowest BCUT2D eigenvalue weighted by atomic mass is 10.2. The van der Waals surface area contributed by atoms with Crippen LogP contribution in [0.1, 0.15) is 5.56 Å². The van der Waals surface area contributed by atoms with Gasteiger partial charge in [0.1, 0.15) is 10.6 Å². The first-order valence-corrected chi connectivity index (χ1v) is 13.4. The Bertz CT molecular complexity index is 1370. The maximum atomic E-state index is 12.5. The molecule has 3 aromatic carbocycles. The summed E-state index contributed by atoms with van der Waals surface area (Å²) in [5.41, 5.74) is 1.96. The summed E-state index contributed by atoms with van der Waals surface area (Å²) >= 11 is 1.37. The molecule has 9 heteroatoms. The van der Waals surface area contributed by atoms with Crippen molar-refractivity contribution in [1.82, 2.24) is 4.90 Å². The number of hydrogen-bond donors (Lipinski definition) is 0. The fourth-order valence-corrected chi connectivity index (χ4v) is 5.78. The second-order valence-electron chi connectivity index (χ2n) is 8.04. The molecule has 178 valence electrons. The molecule has 0 atom stereocenters. The van der Waals surface area contributed by atoms with Crippen LogP contribution in [-0.2, 0) is 14.9 Å². The topological polar surface area (TPSA) is 79.3 Å². The summed E-state index contributed by atoms with van der Waals surface area (Å²) in [6.45, 7) is 3.32. The van der Waals surface area contributed by atoms with Crippen molar-refractivity contribution in [1.29, 1.82) is 0 Å². The quantitative estimate of drug-likeness (QED) is 0.379. The van der Waals surface area contributed by atoms with Gasteiger partial charge in [-0.15, -0.1) is 0 Å². The van der Waals surface area contributed by atoms with Gasteiger partial charge in [-0.3, -0.25) is 4.79 Å². The van der Waals surface area contributed by atoms with Gasteiger partial charge in [-0.05, 0) is 59.8 Å². The van der Waals surface area contributed by atoms with Crippen molar-refractivity contribution < 1.29 is 17.4 Å². The van der Waals surface area contributed by atoms with Crippen LogP contribution in [0, 0.1) is 0 Å². The zero-order valence-corrected chi connectivity index (χ0v) is 20.4. The number of rotatable bonds is 5. The van der Waals surface area contributed by atoms with Gasteiger partial charge in [-0.2, -0.15) is 13.4 Å². The number of hydrogen-bond acceptors (Lipinski definition) is 7. The Labute approximate surface area is 208 Å². The Kier molecular flexibility index (Phi) is 6.61. The molecule has 0 bridgehead atoms. The summed E-state index contributed by atoms with van der Waals surface area (Å²) in [6, 6.07) is 24.9. The standard InChI is InChI=1S/C26H23N3O4S2/c30-25-24(34-26(27-25)29-17-15-28(16-18-29)21-7-3-1-4-8-21)19-20-11-13-22(14-12-20)33-35(31,32)23-9-5-2-6-10-23/h1-14,19H,15-18H2. The van der Waals surface area contributed by atoms with Gasteiger partial charge < -0.3 is 14.0 Å². The molecule has 0 unspecified atom stereocenters. The van der Waals surface area contributed by atoms with Crippen LogP contribution in [0.15, 0.2) is 99.7 Å². The number of amidine groups is 1. The monoisotopic (exact) mass is 505 g/mol. The third kappa shape index (κ3) is 5.41. The second-order valence-corrected chi connectivity index (χ2v) is 10.6. The average Bonchev–Trinajstić information content (AvgIpc) is 3.26. The van der Waals surface area contributed by atoms with E-state index in [9.17, 15) is 13.2 Å². The van der Waals surface area contributed by atoms with Crippen molar-refractivity contribution in [3.8, 4) is 5.75 Å². The van der Waals surface area contributed by atoms with Crippen LogP contribution in [0.25, 0.3) is 6.08 Å². The highest BCUT2D eigenvalue weighted by Gasteiger charge is 2.28. The van der Waals surface area contributed by atoms with Crippen LogP contribution in [-0.4, -0.2) is 50.6 Å². The average molecular weight is 506 g/mol. The fourth-order valence-electron chi connectivity index (χ4n) is 3.86. The summed E-state index contributed by atoms with van der Waals surface area (Å²) in [6.07, 6.45) is 1.76. The zero-order valence-electron chi connectivity index (χ0n) is 18.8. The highest BCUT2D eigenvalue weighted by atomic mass is 32.2. The SMILES string of the molecule is O=C1N=C(N2CCN(c3ccccc3)CC2)SC1=Cc1ccc(OS(=O)(=O)c2ccccc2)cc1. The number of carbonyl (C=O) groups excluding carboxylic acids is 1. The maximum absolute atomic E-state index is 12.5. The van der Waals surface area contributed by atoms with Crippen molar-refractivity contribution >= 4 is 44.7 Å². The molecule has 1 amide bonds. The first-order chi connectivity index (χ1) is 17.0. The van der Waals surface area contributed by atoms with Gasteiger partial charge >= 0.3 is 10.1 Å². The Balaban J connectivity index is 1.20. The van der Waals surface area contributed by atoms with E-state index in [0.717, 1.165) is 36.9 Å². The molecule has 0 N–H and O–H groups in total. The number of carbonyl (C=O) groups is 1. The van der Waals surface area contributed by atoms with Crippen LogP contribution >= 0.6 is 11.8 Å². The van der Waals surface area contributed by atoms with E-state index in [1.165, 1.54) is 29.6 Å². The third-order valence-corrected chi connectivity index (χ3v) is 8.00. The minimum Gasteiger partial charge on any atom is -0.379 e. The molecule has 0 spiro atoms. The predicted molar refractivity (Wildman–Crippen MR) is 139 cm³/mol. The Morgan fingerprint density at radius 2 is 1.40 bits per heavy atom. The Morgan fingerprint density at radius 3 is 2.06 bits per heavy atom. The van der Waals surface area contributed by atoms with Crippen molar-refractivity contribution in [2.24, 2.45) is 4.99 Å². The summed E-state index contributed by atoms with van der Waals surface area (Å²) in [5.74, 6) is -0.0582. The van der Waals surface area contributed by atoms with E-state index >= 15 is 0 Å². The molecule has 7 nitrogen and oxygen atoms in total. The van der Waals surface area contributed by atoms with Gasteiger partial charge in [-0.1, -0.05) is 48.5 Å². The Morgan fingerprint density at radius 1 is 0.800 bits per heavy atom. The smallest absolute Gasteiger partial charge is 0.339 e. The first kappa shape index (κ1) is 23.2. The number of para-hydroxylation sites is 1. The lowest BCUT2D eigenvalue weighted by Gasteiger charge is -2.36. The van der Waals surface area contributed by atoms with Crippen LogP contribution in [0.2, 0.25) is 0 Å². The van der Waals surface area contributed by atoms with Gasteiger partial charge in [-0.25, -0.2) is 0 Å². The van der Waals surface area contributed by atoms with E-state index in [-0.39, 0.29) is 16.6 Å². The maximum Gasteiger partial charge on any atom is 0.339 e. The van der Waals surface area contributed by atoms with E-state index in [4.69, 9.17) is 4.18 Å². The molecule has 2 aliphatic heterocycles. The van der Waals surface area contributed by atoms with Crippen molar-refractivity contribution in [2.45, 2.75) is 4.90 Å². The molecule has 1 fully saturated rings. The molecular formula is C26H23N3O4S2. The number of amides is 1. The van der Waals surface area contributed by atoms with Crippen molar-refractivity contribution in [3.05, 3.63) is 95.4 Å². The molecule has 3 aromatic rings. The van der Waals surface area contributed by atoms with Gasteiger partial charge in [0, 0.05) is 31.9 Å². The highest BCUT2D eigenvalue weighted by molar-refractivity contribution is 8.18. The van der Waals surface area contributed by atoms with Gasteiger partial charge in [0.2, 0.25) is 0 Å². The molecule has 2 heterocycles. The van der Waals surface area contributed by atoms with E-state index in [1.54, 1.807) is 48.5 Å². The molecule has 5 rings (SSSR count). The number of aliphatic imine (C=N–C) groups is 1. The minimum absolute atomic E-state index is 0.0911. The molecule has 35 heavy (non-hydrogen) atoms. The van der Waals surface area contributed by atoms with Crippen molar-refractivity contribution in [3.63, 3.8) is 0 Å².